The van der Waals surface area contributed by atoms with E-state index in [0.29, 0.717) is 0 Å². The van der Waals surface area contributed by atoms with Gasteiger partial charge in [-0.3, -0.25) is 0 Å². The lowest BCUT2D eigenvalue weighted by Crippen LogP contribution is -2.15. The molecule has 0 saturated carbocycles. The SMILES string of the molecule is COc1cccc(C(Oc2ccc(C)cc2)Oc2ccc(C)cc2)c1. The molecule has 0 aliphatic heterocycles. The fourth-order valence-corrected chi connectivity index (χ4v) is 2.43. The average molecular weight is 334 g/mol. The first-order valence-electron chi connectivity index (χ1n) is 8.24. The van der Waals surface area contributed by atoms with E-state index in [1.807, 2.05) is 86.6 Å². The summed E-state index contributed by atoms with van der Waals surface area (Å²) in [4.78, 5) is 0. The molecule has 0 saturated heterocycles. The molecule has 3 aromatic rings. The topological polar surface area (TPSA) is 27.7 Å². The maximum atomic E-state index is 6.11. The van der Waals surface area contributed by atoms with Crippen molar-refractivity contribution >= 4 is 0 Å². The van der Waals surface area contributed by atoms with Crippen molar-refractivity contribution in [3.8, 4) is 17.2 Å². The maximum Gasteiger partial charge on any atom is 0.267 e. The van der Waals surface area contributed by atoms with Crippen LogP contribution in [-0.2, 0) is 0 Å². The van der Waals surface area contributed by atoms with Crippen molar-refractivity contribution in [3.63, 3.8) is 0 Å². The Kier molecular flexibility index (Phi) is 5.24. The van der Waals surface area contributed by atoms with Gasteiger partial charge in [0.15, 0.2) is 0 Å². The summed E-state index contributed by atoms with van der Waals surface area (Å²) in [6, 6.07) is 23.6. The van der Waals surface area contributed by atoms with E-state index < -0.39 is 6.29 Å². The molecule has 3 heteroatoms. The van der Waals surface area contributed by atoms with Crippen molar-refractivity contribution in [2.45, 2.75) is 20.1 Å². The van der Waals surface area contributed by atoms with E-state index in [2.05, 4.69) is 0 Å². The lowest BCUT2D eigenvalue weighted by Gasteiger charge is -2.21. The van der Waals surface area contributed by atoms with E-state index in [1.165, 1.54) is 11.1 Å². The Bertz CT molecular complexity index is 760. The highest BCUT2D eigenvalue weighted by atomic mass is 16.7. The van der Waals surface area contributed by atoms with E-state index in [9.17, 15) is 0 Å². The predicted molar refractivity (Wildman–Crippen MR) is 99.3 cm³/mol. The van der Waals surface area contributed by atoms with Gasteiger partial charge < -0.3 is 14.2 Å². The summed E-state index contributed by atoms with van der Waals surface area (Å²) < 4.78 is 17.5. The molecular formula is C22H22O3. The van der Waals surface area contributed by atoms with Crippen LogP contribution in [0, 0.1) is 13.8 Å². The summed E-state index contributed by atoms with van der Waals surface area (Å²) in [6.45, 7) is 4.10. The predicted octanol–water partition coefficient (Wildman–Crippen LogP) is 5.47. The molecule has 0 aliphatic carbocycles. The number of benzene rings is 3. The van der Waals surface area contributed by atoms with Crippen molar-refractivity contribution in [2.24, 2.45) is 0 Å². The third-order valence-electron chi connectivity index (χ3n) is 3.89. The molecule has 0 heterocycles. The van der Waals surface area contributed by atoms with Crippen molar-refractivity contribution in [2.75, 3.05) is 7.11 Å². The van der Waals surface area contributed by atoms with Gasteiger partial charge in [0.25, 0.3) is 6.29 Å². The van der Waals surface area contributed by atoms with Gasteiger partial charge in [-0.25, -0.2) is 0 Å². The fraction of sp³-hybridized carbons (Fsp3) is 0.182. The number of hydrogen-bond donors (Lipinski definition) is 0. The molecule has 128 valence electrons. The smallest absolute Gasteiger partial charge is 0.267 e. The van der Waals surface area contributed by atoms with Crippen LogP contribution in [0.1, 0.15) is 23.0 Å². The molecule has 0 aromatic heterocycles. The second-order valence-corrected chi connectivity index (χ2v) is 5.97. The molecule has 25 heavy (non-hydrogen) atoms. The zero-order valence-electron chi connectivity index (χ0n) is 14.7. The Hall–Kier alpha value is -2.94. The molecule has 0 aliphatic rings. The largest absolute Gasteiger partial charge is 0.497 e. The molecule has 0 bridgehead atoms. The number of aryl methyl sites for hydroxylation is 2. The van der Waals surface area contributed by atoms with Gasteiger partial charge >= 0.3 is 0 Å². The van der Waals surface area contributed by atoms with Gasteiger partial charge in [0.05, 0.1) is 7.11 Å². The Labute approximate surface area is 148 Å². The van der Waals surface area contributed by atoms with Crippen LogP contribution in [0.15, 0.2) is 72.8 Å². The standard InChI is InChI=1S/C22H22O3/c1-16-7-11-19(12-8-16)24-22(18-5-4-6-21(15-18)23-3)25-20-13-9-17(2)10-14-20/h4-15,22H,1-3H3. The van der Waals surface area contributed by atoms with Crippen LogP contribution in [0.25, 0.3) is 0 Å². The molecule has 0 amide bonds. The van der Waals surface area contributed by atoms with Crippen molar-refractivity contribution < 1.29 is 14.2 Å². The van der Waals surface area contributed by atoms with Crippen LogP contribution in [0.5, 0.6) is 17.2 Å². The van der Waals surface area contributed by atoms with Crippen LogP contribution < -0.4 is 14.2 Å². The number of rotatable bonds is 6. The van der Waals surface area contributed by atoms with E-state index in [1.54, 1.807) is 7.11 Å². The summed E-state index contributed by atoms with van der Waals surface area (Å²) in [7, 11) is 1.65. The molecular weight excluding hydrogens is 312 g/mol. The quantitative estimate of drug-likeness (QED) is 0.560. The minimum atomic E-state index is -0.569. The second-order valence-electron chi connectivity index (χ2n) is 5.97. The van der Waals surface area contributed by atoms with Gasteiger partial charge in [-0.2, -0.15) is 0 Å². The number of hydrogen-bond acceptors (Lipinski definition) is 3. The molecule has 0 radical (unpaired) electrons. The molecule has 3 aromatic carbocycles. The monoisotopic (exact) mass is 334 g/mol. The summed E-state index contributed by atoms with van der Waals surface area (Å²) in [5.74, 6) is 2.28. The summed E-state index contributed by atoms with van der Waals surface area (Å²) in [5.41, 5.74) is 3.26. The molecule has 3 nitrogen and oxygen atoms in total. The number of ether oxygens (including phenoxy) is 3. The zero-order valence-corrected chi connectivity index (χ0v) is 14.7. The first-order chi connectivity index (χ1) is 12.1. The Balaban J connectivity index is 1.88. The lowest BCUT2D eigenvalue weighted by molar-refractivity contribution is 0.00365. The molecule has 0 unspecified atom stereocenters. The zero-order chi connectivity index (χ0) is 17.6. The van der Waals surface area contributed by atoms with Crippen molar-refractivity contribution in [1.82, 2.24) is 0 Å². The average Bonchev–Trinajstić information content (AvgIpc) is 2.65. The van der Waals surface area contributed by atoms with E-state index >= 15 is 0 Å². The third kappa shape index (κ3) is 4.54. The van der Waals surface area contributed by atoms with E-state index in [0.717, 1.165) is 22.8 Å². The normalized spacial score (nSPS) is 10.6. The summed E-state index contributed by atoms with van der Waals surface area (Å²) >= 11 is 0. The second kappa shape index (κ2) is 7.75. The Morgan fingerprint density at radius 1 is 0.640 bits per heavy atom. The van der Waals surface area contributed by atoms with E-state index in [-0.39, 0.29) is 0 Å². The van der Waals surface area contributed by atoms with Gasteiger partial charge in [-0.05, 0) is 50.2 Å². The lowest BCUT2D eigenvalue weighted by atomic mass is 10.2. The first kappa shape index (κ1) is 16.9. The first-order valence-corrected chi connectivity index (χ1v) is 8.24. The maximum absolute atomic E-state index is 6.11. The highest BCUT2D eigenvalue weighted by molar-refractivity contribution is 5.33. The molecule has 0 atom stereocenters. The van der Waals surface area contributed by atoms with E-state index in [4.69, 9.17) is 14.2 Å². The minimum absolute atomic E-state index is 0.569. The van der Waals surface area contributed by atoms with Crippen molar-refractivity contribution in [3.05, 3.63) is 89.5 Å². The van der Waals surface area contributed by atoms with Crippen LogP contribution in [0.2, 0.25) is 0 Å². The van der Waals surface area contributed by atoms with Gasteiger partial charge in [0, 0.05) is 5.56 Å². The van der Waals surface area contributed by atoms with Crippen LogP contribution in [-0.4, -0.2) is 7.11 Å². The summed E-state index contributed by atoms with van der Waals surface area (Å²) in [5, 5.41) is 0. The van der Waals surface area contributed by atoms with Crippen molar-refractivity contribution in [1.29, 1.82) is 0 Å². The molecule has 3 rings (SSSR count). The highest BCUT2D eigenvalue weighted by Crippen LogP contribution is 2.28. The molecule has 0 N–H and O–H groups in total. The van der Waals surface area contributed by atoms with Crippen LogP contribution >= 0.6 is 0 Å². The van der Waals surface area contributed by atoms with Gasteiger partial charge in [-0.1, -0.05) is 47.5 Å². The highest BCUT2D eigenvalue weighted by Gasteiger charge is 2.16. The summed E-state index contributed by atoms with van der Waals surface area (Å²) in [6.07, 6.45) is -0.569. The molecule has 0 fully saturated rings. The van der Waals surface area contributed by atoms with Crippen LogP contribution in [0.3, 0.4) is 0 Å². The molecule has 0 spiro atoms. The fourth-order valence-electron chi connectivity index (χ4n) is 2.43. The third-order valence-corrected chi connectivity index (χ3v) is 3.89. The Morgan fingerprint density at radius 2 is 1.16 bits per heavy atom. The van der Waals surface area contributed by atoms with Gasteiger partial charge in [-0.15, -0.1) is 0 Å². The number of methoxy groups -OCH3 is 1. The van der Waals surface area contributed by atoms with Gasteiger partial charge in [0.2, 0.25) is 0 Å². The minimum Gasteiger partial charge on any atom is -0.497 e. The van der Waals surface area contributed by atoms with Gasteiger partial charge in [0.1, 0.15) is 17.2 Å². The van der Waals surface area contributed by atoms with Crippen LogP contribution in [0.4, 0.5) is 0 Å². The Morgan fingerprint density at radius 3 is 1.64 bits per heavy atom.